The summed E-state index contributed by atoms with van der Waals surface area (Å²) in [6.07, 6.45) is 1.68. The molecule has 1 aliphatic heterocycles. The van der Waals surface area contributed by atoms with Crippen LogP contribution in [-0.2, 0) is 0 Å². The molecule has 1 aromatic rings. The summed E-state index contributed by atoms with van der Waals surface area (Å²) in [5.41, 5.74) is 1.38. The van der Waals surface area contributed by atoms with Crippen LogP contribution in [0.4, 0.5) is 0 Å². The Labute approximate surface area is 87.0 Å². The Bertz CT molecular complexity index is 379. The molecule has 2 rings (SSSR count). The van der Waals surface area contributed by atoms with E-state index in [1.165, 1.54) is 0 Å². The van der Waals surface area contributed by atoms with Crippen LogP contribution in [0.3, 0.4) is 0 Å². The molecule has 0 aromatic carbocycles. The molecule has 0 spiro atoms. The van der Waals surface area contributed by atoms with E-state index in [9.17, 15) is 4.79 Å². The molecule has 0 fully saturated rings. The van der Waals surface area contributed by atoms with Gasteiger partial charge in [-0.2, -0.15) is 0 Å². The van der Waals surface area contributed by atoms with E-state index in [1.54, 1.807) is 6.07 Å². The molecule has 0 bridgehead atoms. The van der Waals surface area contributed by atoms with Gasteiger partial charge < -0.3 is 4.74 Å². The van der Waals surface area contributed by atoms with Gasteiger partial charge in [-0.3, -0.25) is 4.79 Å². The largest absolute Gasteiger partial charge is 0.489 e. The highest BCUT2D eigenvalue weighted by Crippen LogP contribution is 2.39. The second-order valence-electron chi connectivity index (χ2n) is 3.29. The number of nitrogens with zero attached hydrogens (tertiary/aromatic N) is 1. The fraction of sp³-hybridized carbons (Fsp3) is 0.400. The molecule has 1 atom stereocenters. The Morgan fingerprint density at radius 2 is 2.57 bits per heavy atom. The SMILES string of the molecule is CCC1COc2c1cc(C=O)nc2Cl. The number of hydrogen-bond acceptors (Lipinski definition) is 3. The van der Waals surface area contributed by atoms with Crippen molar-refractivity contribution in [3.63, 3.8) is 0 Å². The lowest BCUT2D eigenvalue weighted by Crippen LogP contribution is -1.98. The average molecular weight is 212 g/mol. The molecule has 0 aliphatic carbocycles. The fourth-order valence-electron chi connectivity index (χ4n) is 1.66. The van der Waals surface area contributed by atoms with Crippen molar-refractivity contribution >= 4 is 17.9 Å². The summed E-state index contributed by atoms with van der Waals surface area (Å²) in [7, 11) is 0. The highest BCUT2D eigenvalue weighted by atomic mass is 35.5. The van der Waals surface area contributed by atoms with E-state index in [4.69, 9.17) is 16.3 Å². The summed E-state index contributed by atoms with van der Waals surface area (Å²) in [6.45, 7) is 2.72. The predicted molar refractivity (Wildman–Crippen MR) is 53.2 cm³/mol. The van der Waals surface area contributed by atoms with Gasteiger partial charge in [0.25, 0.3) is 0 Å². The maximum Gasteiger partial charge on any atom is 0.172 e. The molecule has 0 amide bonds. The lowest BCUT2D eigenvalue weighted by Gasteiger charge is -2.04. The first-order chi connectivity index (χ1) is 6.76. The van der Waals surface area contributed by atoms with Crippen LogP contribution >= 0.6 is 11.6 Å². The number of pyridine rings is 1. The summed E-state index contributed by atoms with van der Waals surface area (Å²) >= 11 is 5.88. The standard InChI is InChI=1S/C10H10ClNO2/c1-2-6-5-14-9-8(6)3-7(4-13)12-10(9)11/h3-4,6H,2,5H2,1H3. The molecule has 0 saturated heterocycles. The number of hydrogen-bond donors (Lipinski definition) is 0. The Balaban J connectivity index is 2.52. The van der Waals surface area contributed by atoms with Gasteiger partial charge in [-0.15, -0.1) is 0 Å². The lowest BCUT2D eigenvalue weighted by atomic mass is 9.99. The third kappa shape index (κ3) is 1.38. The van der Waals surface area contributed by atoms with Crippen molar-refractivity contribution in [1.29, 1.82) is 0 Å². The lowest BCUT2D eigenvalue weighted by molar-refractivity contribution is 0.111. The highest BCUT2D eigenvalue weighted by Gasteiger charge is 2.26. The van der Waals surface area contributed by atoms with Crippen LogP contribution < -0.4 is 4.74 Å². The topological polar surface area (TPSA) is 39.2 Å². The first kappa shape index (κ1) is 9.46. The summed E-state index contributed by atoms with van der Waals surface area (Å²) in [6, 6.07) is 1.76. The van der Waals surface area contributed by atoms with E-state index in [0.29, 0.717) is 35.4 Å². The number of fused-ring (bicyclic) bond motifs is 1. The van der Waals surface area contributed by atoms with Crippen molar-refractivity contribution < 1.29 is 9.53 Å². The van der Waals surface area contributed by atoms with Crippen LogP contribution in [0.25, 0.3) is 0 Å². The van der Waals surface area contributed by atoms with Gasteiger partial charge in [0.05, 0.1) is 6.61 Å². The molecule has 3 nitrogen and oxygen atoms in total. The number of aldehydes is 1. The maximum absolute atomic E-state index is 10.6. The van der Waals surface area contributed by atoms with Crippen LogP contribution in [0.5, 0.6) is 5.75 Å². The zero-order valence-corrected chi connectivity index (χ0v) is 8.54. The third-order valence-corrected chi connectivity index (χ3v) is 2.72. The first-order valence-corrected chi connectivity index (χ1v) is 4.92. The normalized spacial score (nSPS) is 18.9. The summed E-state index contributed by atoms with van der Waals surface area (Å²) in [4.78, 5) is 14.5. The molecule has 14 heavy (non-hydrogen) atoms. The quantitative estimate of drug-likeness (QED) is 0.557. The molecule has 1 aliphatic rings. The van der Waals surface area contributed by atoms with Crippen molar-refractivity contribution in [2.24, 2.45) is 0 Å². The van der Waals surface area contributed by atoms with Crippen LogP contribution in [0, 0.1) is 0 Å². The van der Waals surface area contributed by atoms with Gasteiger partial charge >= 0.3 is 0 Å². The van der Waals surface area contributed by atoms with E-state index < -0.39 is 0 Å². The molecule has 1 unspecified atom stereocenters. The predicted octanol–water partition coefficient (Wildman–Crippen LogP) is 2.43. The first-order valence-electron chi connectivity index (χ1n) is 4.54. The van der Waals surface area contributed by atoms with E-state index >= 15 is 0 Å². The Kier molecular flexibility index (Phi) is 2.42. The monoisotopic (exact) mass is 211 g/mol. The summed E-state index contributed by atoms with van der Waals surface area (Å²) < 4.78 is 5.42. The van der Waals surface area contributed by atoms with E-state index in [0.717, 1.165) is 12.0 Å². The number of carbonyl (C=O) groups is 1. The average Bonchev–Trinajstić information content (AvgIpc) is 2.61. The molecule has 4 heteroatoms. The summed E-state index contributed by atoms with van der Waals surface area (Å²) in [5.74, 6) is 0.980. The third-order valence-electron chi connectivity index (χ3n) is 2.46. The Hall–Kier alpha value is -1.09. The smallest absolute Gasteiger partial charge is 0.172 e. The number of carbonyl (C=O) groups excluding carboxylic acids is 1. The number of aromatic nitrogens is 1. The molecule has 74 valence electrons. The molecule has 0 saturated carbocycles. The van der Waals surface area contributed by atoms with Gasteiger partial charge in [0.15, 0.2) is 17.2 Å². The van der Waals surface area contributed by atoms with E-state index in [1.807, 2.05) is 0 Å². The van der Waals surface area contributed by atoms with Crippen LogP contribution in [-0.4, -0.2) is 17.9 Å². The van der Waals surface area contributed by atoms with Crippen LogP contribution in [0.2, 0.25) is 5.15 Å². The molecule has 0 N–H and O–H groups in total. The van der Waals surface area contributed by atoms with Crippen molar-refractivity contribution in [2.45, 2.75) is 19.3 Å². The molecular weight excluding hydrogens is 202 g/mol. The maximum atomic E-state index is 10.6. The van der Waals surface area contributed by atoms with Gasteiger partial charge in [-0.05, 0) is 12.5 Å². The van der Waals surface area contributed by atoms with Crippen LogP contribution in [0.15, 0.2) is 6.07 Å². The van der Waals surface area contributed by atoms with Crippen molar-refractivity contribution in [3.8, 4) is 5.75 Å². The van der Waals surface area contributed by atoms with Crippen molar-refractivity contribution in [2.75, 3.05) is 6.61 Å². The minimum absolute atomic E-state index is 0.292. The van der Waals surface area contributed by atoms with Gasteiger partial charge in [-0.1, -0.05) is 18.5 Å². The summed E-state index contributed by atoms with van der Waals surface area (Å²) in [5, 5.41) is 0.292. The van der Waals surface area contributed by atoms with Crippen molar-refractivity contribution in [3.05, 3.63) is 22.5 Å². The molecule has 0 radical (unpaired) electrons. The van der Waals surface area contributed by atoms with Crippen LogP contribution in [0.1, 0.15) is 35.3 Å². The highest BCUT2D eigenvalue weighted by molar-refractivity contribution is 6.31. The van der Waals surface area contributed by atoms with Gasteiger partial charge in [-0.25, -0.2) is 4.98 Å². The Morgan fingerprint density at radius 3 is 3.21 bits per heavy atom. The van der Waals surface area contributed by atoms with E-state index in [2.05, 4.69) is 11.9 Å². The zero-order chi connectivity index (χ0) is 10.1. The van der Waals surface area contributed by atoms with Gasteiger partial charge in [0, 0.05) is 11.5 Å². The second kappa shape index (κ2) is 3.58. The van der Waals surface area contributed by atoms with Crippen molar-refractivity contribution in [1.82, 2.24) is 4.98 Å². The minimum Gasteiger partial charge on any atom is -0.489 e. The number of rotatable bonds is 2. The minimum atomic E-state index is 0.292. The number of halogens is 1. The molecule has 1 aromatic heterocycles. The Morgan fingerprint density at radius 1 is 1.79 bits per heavy atom. The zero-order valence-electron chi connectivity index (χ0n) is 7.79. The second-order valence-corrected chi connectivity index (χ2v) is 3.65. The van der Waals surface area contributed by atoms with Gasteiger partial charge in [0.2, 0.25) is 0 Å². The fourth-order valence-corrected chi connectivity index (χ4v) is 1.92. The van der Waals surface area contributed by atoms with Gasteiger partial charge in [0.1, 0.15) is 5.69 Å². The van der Waals surface area contributed by atoms with E-state index in [-0.39, 0.29) is 0 Å². The number of ether oxygens (including phenoxy) is 1. The molecule has 2 heterocycles. The molecular formula is C10H10ClNO2.